The highest BCUT2D eigenvalue weighted by atomic mass is 32.1. The van der Waals surface area contributed by atoms with Gasteiger partial charge < -0.3 is 16.2 Å². The van der Waals surface area contributed by atoms with E-state index in [1.165, 1.54) is 23.5 Å². The number of aromatic nitrogens is 2. The van der Waals surface area contributed by atoms with Gasteiger partial charge in [0.25, 0.3) is 0 Å². The molecule has 1 aliphatic carbocycles. The van der Waals surface area contributed by atoms with E-state index in [9.17, 15) is 18.3 Å². The first-order valence-electron chi connectivity index (χ1n) is 12.4. The molecule has 0 amide bonds. The first-order valence-corrected chi connectivity index (χ1v) is 13.3. The second kappa shape index (κ2) is 10.7. The van der Waals surface area contributed by atoms with Crippen molar-refractivity contribution in [3.8, 4) is 22.3 Å². The summed E-state index contributed by atoms with van der Waals surface area (Å²) in [5, 5.41) is 16.7. The van der Waals surface area contributed by atoms with Crippen LogP contribution in [-0.2, 0) is 12.6 Å². The fourth-order valence-electron chi connectivity index (χ4n) is 4.58. The summed E-state index contributed by atoms with van der Waals surface area (Å²) in [7, 11) is 0. The number of nitrogens with two attached hydrogens (primary N) is 1. The number of hydrogen-bond donors (Lipinski definition) is 3. The Kier molecular flexibility index (Phi) is 7.39. The number of nitrogens with one attached hydrogen (secondary N) is 1. The molecule has 196 valence electrons. The highest BCUT2D eigenvalue weighted by Gasteiger charge is 2.30. The van der Waals surface area contributed by atoms with Crippen molar-refractivity contribution in [3.63, 3.8) is 0 Å². The summed E-state index contributed by atoms with van der Waals surface area (Å²) in [4.78, 5) is 9.76. The molecule has 1 atom stereocenters. The molecule has 0 spiro atoms. The third kappa shape index (κ3) is 6.16. The molecule has 0 saturated heterocycles. The molecule has 2 heterocycles. The predicted molar refractivity (Wildman–Crippen MR) is 145 cm³/mol. The Morgan fingerprint density at radius 3 is 2.58 bits per heavy atom. The average Bonchev–Trinajstić information content (AvgIpc) is 3.52. The Balaban J connectivity index is 1.35. The monoisotopic (exact) mass is 536 g/mol. The van der Waals surface area contributed by atoms with Gasteiger partial charge in [0.05, 0.1) is 10.4 Å². The number of thiazole rings is 1. The Hall–Kier alpha value is -3.45. The van der Waals surface area contributed by atoms with Gasteiger partial charge in [-0.25, -0.2) is 4.98 Å². The van der Waals surface area contributed by atoms with Crippen LogP contribution in [0.25, 0.3) is 21.2 Å². The van der Waals surface area contributed by atoms with E-state index < -0.39 is 17.3 Å². The van der Waals surface area contributed by atoms with Crippen molar-refractivity contribution in [3.05, 3.63) is 77.7 Å². The van der Waals surface area contributed by atoms with Crippen LogP contribution in [0.4, 0.5) is 18.3 Å². The van der Waals surface area contributed by atoms with Gasteiger partial charge in [-0.1, -0.05) is 41.5 Å². The SMILES string of the molecule is N[C@@H](CNc1nc(C#CC2(O)CCCC2)c(-c2ccc3cnccc3c2)s1)Cc1ccc(C(F)(F)F)cc1. The number of hydrogen-bond acceptors (Lipinski definition) is 6. The summed E-state index contributed by atoms with van der Waals surface area (Å²) in [6, 6.07) is 12.8. The Bertz CT molecular complexity index is 1480. The van der Waals surface area contributed by atoms with E-state index in [2.05, 4.69) is 28.2 Å². The maximum atomic E-state index is 12.8. The number of nitrogens with zero attached hydrogens (tertiary/aromatic N) is 2. The minimum Gasteiger partial charge on any atom is -0.378 e. The van der Waals surface area contributed by atoms with Crippen LogP contribution in [0.3, 0.4) is 0 Å². The molecule has 1 saturated carbocycles. The number of fused-ring (bicyclic) bond motifs is 1. The lowest BCUT2D eigenvalue weighted by molar-refractivity contribution is -0.137. The lowest BCUT2D eigenvalue weighted by atomic mass is 10.0. The molecule has 1 aliphatic rings. The van der Waals surface area contributed by atoms with E-state index in [1.54, 1.807) is 6.20 Å². The van der Waals surface area contributed by atoms with Gasteiger partial charge in [-0.3, -0.25) is 4.98 Å². The van der Waals surface area contributed by atoms with Gasteiger partial charge in [-0.05, 0) is 78.8 Å². The van der Waals surface area contributed by atoms with E-state index in [0.717, 1.165) is 51.8 Å². The number of anilines is 1. The number of alkyl halides is 3. The topological polar surface area (TPSA) is 84.1 Å². The lowest BCUT2D eigenvalue weighted by Gasteiger charge is -2.13. The molecule has 0 radical (unpaired) electrons. The summed E-state index contributed by atoms with van der Waals surface area (Å²) in [6.07, 6.45) is 2.85. The fourth-order valence-corrected chi connectivity index (χ4v) is 5.51. The molecule has 0 unspecified atom stereocenters. The average molecular weight is 537 g/mol. The van der Waals surface area contributed by atoms with E-state index in [0.29, 0.717) is 36.6 Å². The van der Waals surface area contributed by atoms with Gasteiger partial charge in [-0.2, -0.15) is 13.2 Å². The summed E-state index contributed by atoms with van der Waals surface area (Å²) in [6.45, 7) is 0.383. The second-order valence-corrected chi connectivity index (χ2v) is 10.7. The largest absolute Gasteiger partial charge is 0.416 e. The van der Waals surface area contributed by atoms with Gasteiger partial charge in [0, 0.05) is 30.4 Å². The van der Waals surface area contributed by atoms with E-state index in [1.807, 2.05) is 24.4 Å². The predicted octanol–water partition coefficient (Wildman–Crippen LogP) is 6.02. The molecule has 1 fully saturated rings. The minimum absolute atomic E-state index is 0.332. The fraction of sp³-hybridized carbons (Fsp3) is 0.310. The lowest BCUT2D eigenvalue weighted by Crippen LogP contribution is -2.31. The van der Waals surface area contributed by atoms with E-state index in [4.69, 9.17) is 10.7 Å². The molecule has 38 heavy (non-hydrogen) atoms. The van der Waals surface area contributed by atoms with Crippen LogP contribution >= 0.6 is 11.3 Å². The molecule has 2 aromatic heterocycles. The standard InChI is InChI=1S/C29H27F3N4OS/c30-29(31,32)23-7-3-19(4-8-23)15-24(33)18-35-27-36-25(9-13-28(37)11-1-2-12-28)26(38-27)21-5-6-22-17-34-14-10-20(22)16-21/h3-8,10,14,16-17,24,37H,1-2,11-12,15,18,33H2,(H,35,36)/t24-/m1/s1. The number of aliphatic hydroxyl groups is 1. The number of rotatable bonds is 6. The van der Waals surface area contributed by atoms with Gasteiger partial charge in [-0.15, -0.1) is 0 Å². The Labute approximate surface area is 222 Å². The quantitative estimate of drug-likeness (QED) is 0.263. The molecular formula is C29H27F3N4OS. The molecule has 4 aromatic rings. The molecular weight excluding hydrogens is 509 g/mol. The van der Waals surface area contributed by atoms with Crippen molar-refractivity contribution in [1.82, 2.24) is 9.97 Å². The van der Waals surface area contributed by atoms with Crippen LogP contribution in [0.15, 0.2) is 60.9 Å². The van der Waals surface area contributed by atoms with Crippen LogP contribution in [0, 0.1) is 11.8 Å². The number of benzene rings is 2. The van der Waals surface area contributed by atoms with Crippen LogP contribution < -0.4 is 11.1 Å². The van der Waals surface area contributed by atoms with E-state index in [-0.39, 0.29) is 6.04 Å². The normalized spacial score (nSPS) is 15.7. The highest BCUT2D eigenvalue weighted by molar-refractivity contribution is 7.19. The summed E-state index contributed by atoms with van der Waals surface area (Å²) >= 11 is 1.45. The molecule has 0 bridgehead atoms. The summed E-state index contributed by atoms with van der Waals surface area (Å²) in [5.74, 6) is 6.19. The van der Waals surface area contributed by atoms with Crippen LogP contribution in [0.5, 0.6) is 0 Å². The van der Waals surface area contributed by atoms with Gasteiger partial charge in [0.15, 0.2) is 5.13 Å². The zero-order valence-corrected chi connectivity index (χ0v) is 21.4. The molecule has 0 aliphatic heterocycles. The highest BCUT2D eigenvalue weighted by Crippen LogP contribution is 2.35. The van der Waals surface area contributed by atoms with Crippen molar-refractivity contribution in [1.29, 1.82) is 0 Å². The zero-order chi connectivity index (χ0) is 26.8. The first-order chi connectivity index (χ1) is 18.2. The number of pyridine rings is 1. The number of halogens is 3. The second-order valence-electron chi connectivity index (χ2n) is 9.66. The van der Waals surface area contributed by atoms with E-state index >= 15 is 0 Å². The van der Waals surface area contributed by atoms with Crippen molar-refractivity contribution in [2.45, 2.75) is 49.9 Å². The molecule has 4 N–H and O–H groups in total. The van der Waals surface area contributed by atoms with Crippen LogP contribution in [0.2, 0.25) is 0 Å². The van der Waals surface area contributed by atoms with Crippen molar-refractivity contribution in [2.75, 3.05) is 11.9 Å². The third-order valence-corrected chi connectivity index (χ3v) is 7.73. The smallest absolute Gasteiger partial charge is 0.378 e. The molecule has 2 aromatic carbocycles. The molecule has 5 rings (SSSR count). The molecule has 5 nitrogen and oxygen atoms in total. The van der Waals surface area contributed by atoms with Gasteiger partial charge in [0.2, 0.25) is 0 Å². The van der Waals surface area contributed by atoms with Gasteiger partial charge in [0.1, 0.15) is 11.3 Å². The summed E-state index contributed by atoms with van der Waals surface area (Å²) in [5.41, 5.74) is 6.90. The maximum Gasteiger partial charge on any atom is 0.416 e. The Morgan fingerprint density at radius 2 is 1.84 bits per heavy atom. The summed E-state index contributed by atoms with van der Waals surface area (Å²) < 4.78 is 38.5. The van der Waals surface area contributed by atoms with Gasteiger partial charge >= 0.3 is 6.18 Å². The van der Waals surface area contributed by atoms with Crippen molar-refractivity contribution >= 4 is 27.2 Å². The third-order valence-electron chi connectivity index (χ3n) is 6.67. The Morgan fingerprint density at radius 1 is 1.08 bits per heavy atom. The van der Waals surface area contributed by atoms with Crippen LogP contribution in [0.1, 0.15) is 42.5 Å². The first kappa shape index (κ1) is 26.2. The maximum absolute atomic E-state index is 12.8. The van der Waals surface area contributed by atoms with Crippen LogP contribution in [-0.4, -0.2) is 33.3 Å². The zero-order valence-electron chi connectivity index (χ0n) is 20.6. The van der Waals surface area contributed by atoms with Crippen molar-refractivity contribution < 1.29 is 18.3 Å². The van der Waals surface area contributed by atoms with Crippen molar-refractivity contribution in [2.24, 2.45) is 5.73 Å². The minimum atomic E-state index is -4.36. The molecule has 9 heteroatoms.